The molecule has 3 nitrogen and oxygen atoms in total. The maximum Gasteiger partial charge on any atom is 0.338 e. The van der Waals surface area contributed by atoms with Gasteiger partial charge in [0.25, 0.3) is 0 Å². The Bertz CT molecular complexity index is 749. The van der Waals surface area contributed by atoms with E-state index in [2.05, 4.69) is 20.8 Å². The first kappa shape index (κ1) is 17.8. The highest BCUT2D eigenvalue weighted by Gasteiger charge is 2.30. The van der Waals surface area contributed by atoms with Gasteiger partial charge in [-0.2, -0.15) is 0 Å². The number of hydrogen-bond donors (Lipinski definition) is 0. The van der Waals surface area contributed by atoms with Crippen molar-refractivity contribution in [1.82, 2.24) is 0 Å². The van der Waals surface area contributed by atoms with Crippen LogP contribution in [0.15, 0.2) is 36.4 Å². The van der Waals surface area contributed by atoms with Crippen LogP contribution in [-0.2, 0) is 4.74 Å². The van der Waals surface area contributed by atoms with Crippen LogP contribution in [-0.4, -0.2) is 19.2 Å². The summed E-state index contributed by atoms with van der Waals surface area (Å²) in [5.41, 5.74) is 0.982. The van der Waals surface area contributed by atoms with Crippen molar-refractivity contribution in [2.45, 2.75) is 52.6 Å². The predicted octanol–water partition coefficient (Wildman–Crippen LogP) is 5.61. The summed E-state index contributed by atoms with van der Waals surface area (Å²) in [4.78, 5) is 11.9. The van der Waals surface area contributed by atoms with Gasteiger partial charge in [0.15, 0.2) is 0 Å². The smallest absolute Gasteiger partial charge is 0.338 e. The fraction of sp³-hybridized carbons (Fsp3) is 0.500. The number of methoxy groups -OCH3 is 1. The highest BCUT2D eigenvalue weighted by Crippen LogP contribution is 2.39. The van der Waals surface area contributed by atoms with Gasteiger partial charge in [-0.05, 0) is 72.1 Å². The fourth-order valence-corrected chi connectivity index (χ4v) is 3.86. The van der Waals surface area contributed by atoms with Crippen molar-refractivity contribution in [3.05, 3.63) is 42.0 Å². The van der Waals surface area contributed by atoms with E-state index in [0.717, 1.165) is 35.3 Å². The summed E-state index contributed by atoms with van der Waals surface area (Å²) >= 11 is 0. The molecule has 1 fully saturated rings. The van der Waals surface area contributed by atoms with Crippen LogP contribution >= 0.6 is 0 Å². The SMILES string of the molecule is COC(=O)c1cccc2cc(OC3CCC(C(C)(C)C)CC3)ccc12. The zero-order chi connectivity index (χ0) is 18.0. The average Bonchev–Trinajstić information content (AvgIpc) is 2.60. The number of benzene rings is 2. The molecule has 0 aliphatic heterocycles. The van der Waals surface area contributed by atoms with Crippen LogP contribution in [0.2, 0.25) is 0 Å². The Labute approximate surface area is 150 Å². The Morgan fingerprint density at radius 3 is 2.40 bits per heavy atom. The molecule has 0 N–H and O–H groups in total. The summed E-state index contributed by atoms with van der Waals surface area (Å²) in [7, 11) is 1.41. The Kier molecular flexibility index (Phi) is 5.03. The minimum Gasteiger partial charge on any atom is -0.490 e. The van der Waals surface area contributed by atoms with Crippen molar-refractivity contribution in [3.63, 3.8) is 0 Å². The van der Waals surface area contributed by atoms with Crippen LogP contribution in [0.4, 0.5) is 0 Å². The highest BCUT2D eigenvalue weighted by atomic mass is 16.5. The van der Waals surface area contributed by atoms with Gasteiger partial charge in [-0.25, -0.2) is 4.79 Å². The van der Waals surface area contributed by atoms with Gasteiger partial charge in [0, 0.05) is 0 Å². The molecule has 1 aliphatic rings. The minimum absolute atomic E-state index is 0.292. The van der Waals surface area contributed by atoms with Crippen LogP contribution < -0.4 is 4.74 Å². The molecular weight excluding hydrogens is 312 g/mol. The van der Waals surface area contributed by atoms with Crippen molar-refractivity contribution in [1.29, 1.82) is 0 Å². The standard InChI is InChI=1S/C22H28O3/c1-22(2,3)16-8-10-17(11-9-16)25-18-12-13-19-15(14-18)6-5-7-20(19)21(23)24-4/h5-7,12-14,16-17H,8-11H2,1-4H3. The fourth-order valence-electron chi connectivity index (χ4n) is 3.86. The molecule has 0 radical (unpaired) electrons. The molecular formula is C22H28O3. The van der Waals surface area contributed by atoms with Gasteiger partial charge in [-0.1, -0.05) is 32.9 Å². The van der Waals surface area contributed by atoms with E-state index >= 15 is 0 Å². The predicted molar refractivity (Wildman–Crippen MR) is 101 cm³/mol. The zero-order valence-electron chi connectivity index (χ0n) is 15.7. The van der Waals surface area contributed by atoms with E-state index in [1.807, 2.05) is 30.3 Å². The minimum atomic E-state index is -0.306. The lowest BCUT2D eigenvalue weighted by molar-refractivity contribution is 0.0603. The molecule has 0 unspecified atom stereocenters. The van der Waals surface area contributed by atoms with Gasteiger partial charge < -0.3 is 9.47 Å². The summed E-state index contributed by atoms with van der Waals surface area (Å²) in [6, 6.07) is 11.6. The summed E-state index contributed by atoms with van der Waals surface area (Å²) < 4.78 is 11.1. The lowest BCUT2D eigenvalue weighted by Gasteiger charge is -2.37. The van der Waals surface area contributed by atoms with Crippen LogP contribution in [0.25, 0.3) is 10.8 Å². The van der Waals surface area contributed by atoms with E-state index in [4.69, 9.17) is 9.47 Å². The number of hydrogen-bond acceptors (Lipinski definition) is 3. The molecule has 3 rings (SSSR count). The van der Waals surface area contributed by atoms with Crippen LogP contribution in [0.1, 0.15) is 56.8 Å². The number of esters is 1. The topological polar surface area (TPSA) is 35.5 Å². The molecule has 2 aromatic carbocycles. The van der Waals surface area contributed by atoms with Crippen LogP contribution in [0, 0.1) is 11.3 Å². The number of carbonyl (C=O) groups is 1. The second kappa shape index (κ2) is 7.07. The molecule has 25 heavy (non-hydrogen) atoms. The molecule has 0 atom stereocenters. The maximum atomic E-state index is 11.9. The van der Waals surface area contributed by atoms with Gasteiger partial charge in [-0.3, -0.25) is 0 Å². The van der Waals surface area contributed by atoms with Gasteiger partial charge in [0.1, 0.15) is 5.75 Å². The number of fused-ring (bicyclic) bond motifs is 1. The van der Waals surface area contributed by atoms with Crippen molar-refractivity contribution in [2.24, 2.45) is 11.3 Å². The molecule has 3 heteroatoms. The number of ether oxygens (including phenoxy) is 2. The lowest BCUT2D eigenvalue weighted by Crippen LogP contribution is -2.30. The lowest BCUT2D eigenvalue weighted by atomic mass is 9.72. The third-order valence-corrected chi connectivity index (χ3v) is 5.46. The largest absolute Gasteiger partial charge is 0.490 e. The molecule has 1 aliphatic carbocycles. The monoisotopic (exact) mass is 340 g/mol. The van der Waals surface area contributed by atoms with Crippen molar-refractivity contribution < 1.29 is 14.3 Å². The van der Waals surface area contributed by atoms with Gasteiger partial charge >= 0.3 is 5.97 Å². The number of rotatable bonds is 3. The molecule has 0 heterocycles. The molecule has 134 valence electrons. The van der Waals surface area contributed by atoms with Crippen molar-refractivity contribution >= 4 is 16.7 Å². The van der Waals surface area contributed by atoms with Crippen molar-refractivity contribution in [3.8, 4) is 5.75 Å². The number of carbonyl (C=O) groups excluding carboxylic acids is 1. The summed E-state index contributed by atoms with van der Waals surface area (Å²) in [6.07, 6.45) is 4.98. The van der Waals surface area contributed by atoms with E-state index < -0.39 is 0 Å². The van der Waals surface area contributed by atoms with E-state index in [9.17, 15) is 4.79 Å². The van der Waals surface area contributed by atoms with Gasteiger partial charge in [-0.15, -0.1) is 0 Å². The first-order valence-corrected chi connectivity index (χ1v) is 9.16. The van der Waals surface area contributed by atoms with E-state index in [-0.39, 0.29) is 5.97 Å². The Morgan fingerprint density at radius 1 is 1.04 bits per heavy atom. The zero-order valence-corrected chi connectivity index (χ0v) is 15.7. The summed E-state index contributed by atoms with van der Waals surface area (Å²) in [5.74, 6) is 1.36. The Hall–Kier alpha value is -2.03. The van der Waals surface area contributed by atoms with E-state index in [1.165, 1.54) is 20.0 Å². The summed E-state index contributed by atoms with van der Waals surface area (Å²) in [6.45, 7) is 7.00. The van der Waals surface area contributed by atoms with Gasteiger partial charge in [0.2, 0.25) is 0 Å². The second-order valence-electron chi connectivity index (χ2n) is 8.14. The third kappa shape index (κ3) is 3.97. The Morgan fingerprint density at radius 2 is 1.76 bits per heavy atom. The quantitative estimate of drug-likeness (QED) is 0.681. The van der Waals surface area contributed by atoms with E-state index in [0.29, 0.717) is 17.1 Å². The highest BCUT2D eigenvalue weighted by molar-refractivity contribution is 6.04. The third-order valence-electron chi connectivity index (χ3n) is 5.46. The summed E-state index contributed by atoms with van der Waals surface area (Å²) in [5, 5.41) is 1.90. The second-order valence-corrected chi connectivity index (χ2v) is 8.14. The Balaban J connectivity index is 1.72. The normalized spacial score (nSPS) is 21.1. The van der Waals surface area contributed by atoms with Gasteiger partial charge in [0.05, 0.1) is 18.8 Å². The molecule has 0 aromatic heterocycles. The maximum absolute atomic E-state index is 11.9. The average molecular weight is 340 g/mol. The molecule has 0 amide bonds. The first-order valence-electron chi connectivity index (χ1n) is 9.16. The molecule has 0 spiro atoms. The molecule has 2 aromatic rings. The molecule has 1 saturated carbocycles. The van der Waals surface area contributed by atoms with Crippen LogP contribution in [0.3, 0.4) is 0 Å². The first-order chi connectivity index (χ1) is 11.9. The van der Waals surface area contributed by atoms with Crippen molar-refractivity contribution in [2.75, 3.05) is 7.11 Å². The molecule has 0 saturated heterocycles. The molecule has 0 bridgehead atoms. The van der Waals surface area contributed by atoms with Crippen LogP contribution in [0.5, 0.6) is 5.75 Å². The van der Waals surface area contributed by atoms with E-state index in [1.54, 1.807) is 6.07 Å².